The molecular weight excluding hydrogens is 294 g/mol. The molecule has 7 nitrogen and oxygen atoms in total. The molecule has 0 spiro atoms. The molecule has 0 atom stereocenters. The van der Waals surface area contributed by atoms with Crippen molar-refractivity contribution in [3.05, 3.63) is 35.7 Å². The number of aromatic nitrogens is 2. The van der Waals surface area contributed by atoms with Gasteiger partial charge in [0.15, 0.2) is 5.82 Å². The molecule has 0 bridgehead atoms. The van der Waals surface area contributed by atoms with Crippen LogP contribution in [0.3, 0.4) is 0 Å². The number of sulfonamides is 1. The highest BCUT2D eigenvalue weighted by Gasteiger charge is 2.17. The fourth-order valence-electron chi connectivity index (χ4n) is 1.45. The quantitative estimate of drug-likeness (QED) is 0.813. The number of benzene rings is 1. The number of aryl methyl sites for hydroxylation is 1. The Bertz CT molecular complexity index is 770. The van der Waals surface area contributed by atoms with Crippen LogP contribution in [0, 0.1) is 18.8 Å². The summed E-state index contributed by atoms with van der Waals surface area (Å²) in [6, 6.07) is 5.83. The number of hydrogen-bond acceptors (Lipinski definition) is 6. The molecule has 0 aliphatic rings. The van der Waals surface area contributed by atoms with Gasteiger partial charge in [-0.3, -0.25) is 0 Å². The number of rotatable bonds is 4. The van der Waals surface area contributed by atoms with E-state index in [1.807, 2.05) is 0 Å². The van der Waals surface area contributed by atoms with Crippen molar-refractivity contribution >= 4 is 16.0 Å². The Morgan fingerprint density at radius 3 is 2.62 bits per heavy atom. The first kappa shape index (κ1) is 15.0. The molecular formula is C13H13N3O4S. The van der Waals surface area contributed by atoms with Gasteiger partial charge in [-0.2, -0.15) is 4.98 Å². The van der Waals surface area contributed by atoms with Crippen LogP contribution >= 0.6 is 0 Å². The van der Waals surface area contributed by atoms with Crippen LogP contribution in [0.2, 0.25) is 0 Å². The standard InChI is InChI=1S/C13H13N3O4S/c1-10-14-13(20-15-10)16-21(18,19)12-7-5-11(6-8-12)4-2-3-9-17/h5-8,17H,3,9H2,1H3,(H,14,15,16). The minimum atomic E-state index is -3.78. The Morgan fingerprint density at radius 1 is 1.33 bits per heavy atom. The van der Waals surface area contributed by atoms with Crippen LogP contribution in [-0.4, -0.2) is 30.3 Å². The fraction of sp³-hybridized carbons (Fsp3) is 0.231. The molecule has 0 saturated heterocycles. The van der Waals surface area contributed by atoms with Gasteiger partial charge in [0.25, 0.3) is 10.0 Å². The molecule has 0 unspecified atom stereocenters. The molecule has 0 aliphatic heterocycles. The smallest absolute Gasteiger partial charge is 0.335 e. The van der Waals surface area contributed by atoms with Gasteiger partial charge in [-0.05, 0) is 31.2 Å². The van der Waals surface area contributed by atoms with E-state index in [4.69, 9.17) is 9.63 Å². The first-order chi connectivity index (χ1) is 10.0. The predicted octanol–water partition coefficient (Wildman–Crippen LogP) is 0.913. The lowest BCUT2D eigenvalue weighted by molar-refractivity contribution is 0.305. The molecule has 0 radical (unpaired) electrons. The van der Waals surface area contributed by atoms with E-state index in [1.165, 1.54) is 12.1 Å². The van der Waals surface area contributed by atoms with Gasteiger partial charge in [-0.1, -0.05) is 17.0 Å². The summed E-state index contributed by atoms with van der Waals surface area (Å²) in [5.74, 6) is 5.90. The van der Waals surface area contributed by atoms with Crippen molar-refractivity contribution in [3.63, 3.8) is 0 Å². The van der Waals surface area contributed by atoms with Gasteiger partial charge in [0.2, 0.25) is 0 Å². The van der Waals surface area contributed by atoms with Gasteiger partial charge < -0.3 is 9.63 Å². The Hall–Kier alpha value is -2.37. The minimum absolute atomic E-state index is 0.00696. The summed E-state index contributed by atoms with van der Waals surface area (Å²) in [4.78, 5) is 3.84. The molecule has 0 amide bonds. The van der Waals surface area contributed by atoms with Crippen molar-refractivity contribution in [2.75, 3.05) is 11.3 Å². The van der Waals surface area contributed by atoms with Crippen molar-refractivity contribution in [1.82, 2.24) is 10.1 Å². The molecule has 2 rings (SSSR count). The van der Waals surface area contributed by atoms with Crippen molar-refractivity contribution < 1.29 is 18.0 Å². The molecule has 0 fully saturated rings. The molecule has 0 aliphatic carbocycles. The van der Waals surface area contributed by atoms with E-state index < -0.39 is 10.0 Å². The van der Waals surface area contributed by atoms with Crippen LogP contribution in [0.4, 0.5) is 6.01 Å². The molecule has 110 valence electrons. The van der Waals surface area contributed by atoms with Crippen LogP contribution in [0.15, 0.2) is 33.7 Å². The third kappa shape index (κ3) is 4.05. The molecule has 2 aromatic rings. The zero-order valence-electron chi connectivity index (χ0n) is 11.2. The zero-order chi connectivity index (χ0) is 15.3. The van der Waals surface area contributed by atoms with Crippen LogP contribution in [0.1, 0.15) is 17.8 Å². The molecule has 8 heteroatoms. The summed E-state index contributed by atoms with van der Waals surface area (Å²) in [5.41, 5.74) is 0.663. The Morgan fingerprint density at radius 2 is 2.05 bits per heavy atom. The molecule has 21 heavy (non-hydrogen) atoms. The predicted molar refractivity (Wildman–Crippen MR) is 74.9 cm³/mol. The lowest BCUT2D eigenvalue weighted by Gasteiger charge is -2.03. The molecule has 2 N–H and O–H groups in total. The van der Waals surface area contributed by atoms with E-state index in [-0.39, 0.29) is 17.5 Å². The summed E-state index contributed by atoms with van der Waals surface area (Å²) >= 11 is 0. The maximum Gasteiger partial charge on any atom is 0.335 e. The Kier molecular flexibility index (Phi) is 4.57. The van der Waals surface area contributed by atoms with Crippen LogP contribution in [0.5, 0.6) is 0 Å². The average molecular weight is 307 g/mol. The number of nitrogens with zero attached hydrogens (tertiary/aromatic N) is 2. The first-order valence-corrected chi connectivity index (χ1v) is 7.52. The van der Waals surface area contributed by atoms with Crippen molar-refractivity contribution in [3.8, 4) is 11.8 Å². The highest BCUT2D eigenvalue weighted by atomic mass is 32.2. The molecule has 1 aromatic carbocycles. The average Bonchev–Trinajstić information content (AvgIpc) is 2.84. The number of aliphatic hydroxyl groups excluding tert-OH is 1. The zero-order valence-corrected chi connectivity index (χ0v) is 12.0. The maximum absolute atomic E-state index is 12.1. The number of anilines is 1. The highest BCUT2D eigenvalue weighted by Crippen LogP contribution is 2.14. The lowest BCUT2D eigenvalue weighted by atomic mass is 10.2. The molecule has 0 saturated carbocycles. The second kappa shape index (κ2) is 6.39. The molecule has 1 heterocycles. The van der Waals surface area contributed by atoms with Crippen LogP contribution < -0.4 is 4.72 Å². The van der Waals surface area contributed by atoms with Gasteiger partial charge in [-0.15, -0.1) is 0 Å². The summed E-state index contributed by atoms with van der Waals surface area (Å²) in [6.45, 7) is 1.58. The van der Waals surface area contributed by atoms with Gasteiger partial charge >= 0.3 is 6.01 Å². The monoisotopic (exact) mass is 307 g/mol. The summed E-state index contributed by atoms with van der Waals surface area (Å²) in [6.07, 6.45) is 0.373. The minimum Gasteiger partial charge on any atom is -0.395 e. The van der Waals surface area contributed by atoms with E-state index in [2.05, 4.69) is 26.7 Å². The van der Waals surface area contributed by atoms with Crippen molar-refractivity contribution in [2.45, 2.75) is 18.2 Å². The van der Waals surface area contributed by atoms with E-state index in [0.29, 0.717) is 17.8 Å². The number of aliphatic hydroxyl groups is 1. The number of hydrogen-bond donors (Lipinski definition) is 2. The van der Waals surface area contributed by atoms with Gasteiger partial charge in [-0.25, -0.2) is 13.1 Å². The summed E-state index contributed by atoms with van der Waals surface area (Å²) in [5, 5.41) is 12.1. The van der Waals surface area contributed by atoms with E-state index >= 15 is 0 Å². The van der Waals surface area contributed by atoms with E-state index in [9.17, 15) is 8.42 Å². The largest absolute Gasteiger partial charge is 0.395 e. The van der Waals surface area contributed by atoms with Crippen molar-refractivity contribution in [2.24, 2.45) is 0 Å². The van der Waals surface area contributed by atoms with E-state index in [1.54, 1.807) is 19.1 Å². The normalized spacial score (nSPS) is 10.8. The molecule has 1 aromatic heterocycles. The van der Waals surface area contributed by atoms with Crippen molar-refractivity contribution in [1.29, 1.82) is 0 Å². The van der Waals surface area contributed by atoms with Gasteiger partial charge in [0, 0.05) is 12.0 Å². The first-order valence-electron chi connectivity index (χ1n) is 6.04. The SMILES string of the molecule is Cc1noc(NS(=O)(=O)c2ccc(C#CCCO)cc2)n1. The Labute approximate surface area is 122 Å². The topological polar surface area (TPSA) is 105 Å². The summed E-state index contributed by atoms with van der Waals surface area (Å²) in [7, 11) is -3.78. The Balaban J connectivity index is 2.15. The lowest BCUT2D eigenvalue weighted by Crippen LogP contribution is -2.13. The van der Waals surface area contributed by atoms with Crippen LogP contribution in [0.25, 0.3) is 0 Å². The van der Waals surface area contributed by atoms with Gasteiger partial charge in [0.1, 0.15) is 0 Å². The second-order valence-electron chi connectivity index (χ2n) is 4.05. The third-order valence-corrected chi connectivity index (χ3v) is 3.72. The van der Waals surface area contributed by atoms with Gasteiger partial charge in [0.05, 0.1) is 11.5 Å². The van der Waals surface area contributed by atoms with Crippen LogP contribution in [-0.2, 0) is 10.0 Å². The highest BCUT2D eigenvalue weighted by molar-refractivity contribution is 7.92. The fourth-order valence-corrected chi connectivity index (χ4v) is 2.38. The maximum atomic E-state index is 12.1. The summed E-state index contributed by atoms with van der Waals surface area (Å²) < 4.78 is 31.1. The number of nitrogens with one attached hydrogen (secondary N) is 1. The van der Waals surface area contributed by atoms with E-state index in [0.717, 1.165) is 0 Å². The third-order valence-electron chi connectivity index (χ3n) is 2.38. The second-order valence-corrected chi connectivity index (χ2v) is 5.73.